The zero-order valence-electron chi connectivity index (χ0n) is 16.9. The lowest BCUT2D eigenvalue weighted by atomic mass is 9.79. The Balaban J connectivity index is 2.15. The first-order valence-corrected chi connectivity index (χ1v) is 9.50. The average Bonchev–Trinajstić information content (AvgIpc) is 2.77. The smallest absolute Gasteiger partial charge is 0.404 e. The van der Waals surface area contributed by atoms with E-state index in [1.807, 2.05) is 0 Å². The van der Waals surface area contributed by atoms with Crippen LogP contribution in [0.4, 0.5) is 23.2 Å². The van der Waals surface area contributed by atoms with E-state index in [-0.39, 0.29) is 28.0 Å². The van der Waals surface area contributed by atoms with Crippen LogP contribution in [-0.4, -0.2) is 41.7 Å². The van der Waals surface area contributed by atoms with Crippen LogP contribution < -0.4 is 11.1 Å². The van der Waals surface area contributed by atoms with Crippen LogP contribution in [0.15, 0.2) is 54.2 Å². The molecule has 0 saturated carbocycles. The summed E-state index contributed by atoms with van der Waals surface area (Å²) >= 11 is 0. The van der Waals surface area contributed by atoms with Crippen molar-refractivity contribution in [2.45, 2.75) is 18.1 Å². The van der Waals surface area contributed by atoms with Crippen LogP contribution in [0.3, 0.4) is 0 Å². The molecule has 170 valence electrons. The maximum atomic E-state index is 13.6. The van der Waals surface area contributed by atoms with Crippen LogP contribution in [-0.2, 0) is 4.79 Å². The number of benzene rings is 2. The lowest BCUT2D eigenvalue weighted by Gasteiger charge is -2.42. The minimum absolute atomic E-state index is 0.0292. The Bertz CT molecular complexity index is 1190. The highest BCUT2D eigenvalue weighted by Gasteiger charge is 2.48. The van der Waals surface area contributed by atoms with Crippen LogP contribution in [0, 0.1) is 22.6 Å². The van der Waals surface area contributed by atoms with Gasteiger partial charge in [0.1, 0.15) is 18.4 Å². The molecule has 1 aliphatic heterocycles. The fourth-order valence-corrected chi connectivity index (χ4v) is 3.76. The molecule has 4 N–H and O–H groups in total. The molecule has 1 aliphatic rings. The Morgan fingerprint density at radius 3 is 2.58 bits per heavy atom. The summed E-state index contributed by atoms with van der Waals surface area (Å²) in [6.45, 7) is -1.67. The normalized spacial score (nSPS) is 18.3. The first-order valence-electron chi connectivity index (χ1n) is 9.50. The van der Waals surface area contributed by atoms with Crippen molar-refractivity contribution in [2.24, 2.45) is 5.73 Å². The molecule has 0 unspecified atom stereocenters. The lowest BCUT2D eigenvalue weighted by Crippen LogP contribution is -2.55. The van der Waals surface area contributed by atoms with Crippen molar-refractivity contribution < 1.29 is 27.2 Å². The number of nitrogens with one attached hydrogen (secondary N) is 2. The minimum Gasteiger partial charge on any atom is -0.404 e. The summed E-state index contributed by atoms with van der Waals surface area (Å²) in [4.78, 5) is 26.8. The van der Waals surface area contributed by atoms with E-state index in [9.17, 15) is 27.2 Å². The molecule has 7 nitrogen and oxygen atoms in total. The first kappa shape index (κ1) is 23.5. The number of amides is 2. The monoisotopic (exact) mass is 459 g/mol. The third-order valence-corrected chi connectivity index (χ3v) is 5.13. The van der Waals surface area contributed by atoms with Gasteiger partial charge < -0.3 is 21.4 Å². The SMILES string of the molecule is N#Cc1cc(NC(=O)[C@H]2c3ccccc3C(=O)N(CC(F)(F)F)[C@@H]2/C(C=N)=C/N)ccc1F. The molecule has 0 aliphatic carbocycles. The third kappa shape index (κ3) is 4.69. The predicted molar refractivity (Wildman–Crippen MR) is 111 cm³/mol. The summed E-state index contributed by atoms with van der Waals surface area (Å²) in [5, 5.41) is 19.1. The molecule has 0 bridgehead atoms. The Labute approximate surface area is 185 Å². The van der Waals surface area contributed by atoms with Gasteiger partial charge in [0.05, 0.1) is 17.5 Å². The van der Waals surface area contributed by atoms with E-state index in [1.165, 1.54) is 30.3 Å². The third-order valence-electron chi connectivity index (χ3n) is 5.13. The van der Waals surface area contributed by atoms with Gasteiger partial charge in [-0.15, -0.1) is 0 Å². The van der Waals surface area contributed by atoms with E-state index < -0.39 is 42.3 Å². The van der Waals surface area contributed by atoms with E-state index in [1.54, 1.807) is 6.07 Å². The van der Waals surface area contributed by atoms with Crippen molar-refractivity contribution in [3.05, 3.63) is 76.7 Å². The molecule has 0 spiro atoms. The fourth-order valence-electron chi connectivity index (χ4n) is 3.76. The van der Waals surface area contributed by atoms with Gasteiger partial charge in [-0.1, -0.05) is 18.2 Å². The molecule has 2 aromatic rings. The number of hydrogen-bond donors (Lipinski definition) is 3. The van der Waals surface area contributed by atoms with E-state index >= 15 is 0 Å². The van der Waals surface area contributed by atoms with Crippen molar-refractivity contribution in [1.29, 1.82) is 10.7 Å². The minimum atomic E-state index is -4.79. The molecule has 0 saturated heterocycles. The molecule has 2 atom stereocenters. The number of alkyl halides is 3. The number of nitriles is 1. The molecule has 0 fully saturated rings. The number of rotatable bonds is 5. The summed E-state index contributed by atoms with van der Waals surface area (Å²) in [6.07, 6.45) is -3.24. The first-order chi connectivity index (χ1) is 15.6. The Morgan fingerprint density at radius 1 is 1.27 bits per heavy atom. The lowest BCUT2D eigenvalue weighted by molar-refractivity contribution is -0.146. The second-order valence-electron chi connectivity index (χ2n) is 7.16. The molecule has 1 heterocycles. The molecular weight excluding hydrogens is 442 g/mol. The highest BCUT2D eigenvalue weighted by atomic mass is 19.4. The topological polar surface area (TPSA) is 123 Å². The summed E-state index contributed by atoms with van der Waals surface area (Å²) in [6, 6.07) is 9.02. The second kappa shape index (κ2) is 9.12. The average molecular weight is 459 g/mol. The number of nitrogens with two attached hydrogens (primary N) is 1. The maximum absolute atomic E-state index is 13.6. The van der Waals surface area contributed by atoms with Crippen LogP contribution in [0.1, 0.15) is 27.4 Å². The number of nitrogens with zero attached hydrogens (tertiary/aromatic N) is 2. The van der Waals surface area contributed by atoms with E-state index in [2.05, 4.69) is 5.32 Å². The second-order valence-corrected chi connectivity index (χ2v) is 7.16. The predicted octanol–water partition coefficient (Wildman–Crippen LogP) is 3.30. The molecule has 0 radical (unpaired) electrons. The van der Waals surface area contributed by atoms with Crippen molar-refractivity contribution in [1.82, 2.24) is 4.90 Å². The Kier molecular flexibility index (Phi) is 6.48. The molecule has 11 heteroatoms. The Hall–Kier alpha value is -4.20. The van der Waals surface area contributed by atoms with Gasteiger partial charge in [0.15, 0.2) is 0 Å². The van der Waals surface area contributed by atoms with Gasteiger partial charge in [-0.05, 0) is 29.8 Å². The van der Waals surface area contributed by atoms with Crippen LogP contribution in [0.5, 0.6) is 0 Å². The summed E-state index contributed by atoms with van der Waals surface area (Å²) in [7, 11) is 0. The maximum Gasteiger partial charge on any atom is 0.406 e. The van der Waals surface area contributed by atoms with Crippen molar-refractivity contribution in [2.75, 3.05) is 11.9 Å². The fraction of sp³-hybridized carbons (Fsp3) is 0.182. The zero-order valence-corrected chi connectivity index (χ0v) is 16.9. The highest BCUT2D eigenvalue weighted by molar-refractivity contribution is 6.06. The number of hydrogen-bond acceptors (Lipinski definition) is 5. The molecule has 0 aromatic heterocycles. The van der Waals surface area contributed by atoms with Gasteiger partial charge in [-0.3, -0.25) is 9.59 Å². The van der Waals surface area contributed by atoms with E-state index in [0.717, 1.165) is 18.3 Å². The largest absolute Gasteiger partial charge is 0.406 e. The van der Waals surface area contributed by atoms with Crippen molar-refractivity contribution >= 4 is 23.7 Å². The molecule has 2 amide bonds. The van der Waals surface area contributed by atoms with Gasteiger partial charge in [0, 0.05) is 29.2 Å². The van der Waals surface area contributed by atoms with E-state index in [4.69, 9.17) is 16.4 Å². The molecule has 33 heavy (non-hydrogen) atoms. The molecular formula is C22H17F4N5O2. The molecule has 2 aromatic carbocycles. The quantitative estimate of drug-likeness (QED) is 0.469. The zero-order chi connectivity index (χ0) is 24.3. The van der Waals surface area contributed by atoms with Gasteiger partial charge in [-0.25, -0.2) is 4.39 Å². The van der Waals surface area contributed by atoms with Gasteiger partial charge in [0.2, 0.25) is 5.91 Å². The van der Waals surface area contributed by atoms with Crippen molar-refractivity contribution in [3.63, 3.8) is 0 Å². The molecule has 3 rings (SSSR count). The Morgan fingerprint density at radius 2 is 1.97 bits per heavy atom. The number of anilines is 1. The van der Waals surface area contributed by atoms with Gasteiger partial charge in [0.25, 0.3) is 5.91 Å². The van der Waals surface area contributed by atoms with Crippen LogP contribution in [0.25, 0.3) is 0 Å². The van der Waals surface area contributed by atoms with E-state index in [0.29, 0.717) is 11.1 Å². The number of carbonyl (C=O) groups excluding carboxylic acids is 2. The number of fused-ring (bicyclic) bond motifs is 1. The van der Waals surface area contributed by atoms with Gasteiger partial charge >= 0.3 is 6.18 Å². The highest BCUT2D eigenvalue weighted by Crippen LogP contribution is 2.38. The van der Waals surface area contributed by atoms with Gasteiger partial charge in [-0.2, -0.15) is 18.4 Å². The standard InChI is InChI=1S/C22H17F4N5O2/c23-17-6-5-14(7-12(17)8-27)30-20(32)18-15-3-1-2-4-16(15)21(33)31(11-22(24,25)26)19(18)13(9-28)10-29/h1-7,9-10,18-19,28H,11,29H2,(H,30,32)/b13-10+,28-9?/t18-,19+/m0/s1. The summed E-state index contributed by atoms with van der Waals surface area (Å²) < 4.78 is 53.7. The number of halogens is 4. The van der Waals surface area contributed by atoms with Crippen molar-refractivity contribution in [3.8, 4) is 6.07 Å². The van der Waals surface area contributed by atoms with Crippen LogP contribution in [0.2, 0.25) is 0 Å². The number of carbonyl (C=O) groups is 2. The summed E-state index contributed by atoms with van der Waals surface area (Å²) in [5.41, 5.74) is 5.08. The van der Waals surface area contributed by atoms with Crippen LogP contribution >= 0.6 is 0 Å². The summed E-state index contributed by atoms with van der Waals surface area (Å²) in [5.74, 6) is -3.99.